The number of nitrogens with zero attached hydrogens (tertiary/aromatic N) is 2. The normalized spacial score (nSPS) is 25.4. The third-order valence-electron chi connectivity index (χ3n) is 3.07. The Balaban J connectivity index is 1.79. The lowest BCUT2D eigenvalue weighted by atomic mass is 9.89. The summed E-state index contributed by atoms with van der Waals surface area (Å²) in [7, 11) is 1.86. The van der Waals surface area contributed by atoms with Crippen molar-refractivity contribution in [3.63, 3.8) is 0 Å². The predicted molar refractivity (Wildman–Crippen MR) is 63.8 cm³/mol. The highest BCUT2D eigenvalue weighted by Crippen LogP contribution is 2.26. The molecule has 0 spiro atoms. The Kier molecular flexibility index (Phi) is 3.96. The Morgan fingerprint density at radius 2 is 2.24 bits per heavy atom. The zero-order chi connectivity index (χ0) is 12.3. The van der Waals surface area contributed by atoms with E-state index in [9.17, 15) is 0 Å². The van der Waals surface area contributed by atoms with Gasteiger partial charge in [-0.3, -0.25) is 0 Å². The minimum absolute atomic E-state index is 0.0793. The summed E-state index contributed by atoms with van der Waals surface area (Å²) in [4.78, 5) is 0. The van der Waals surface area contributed by atoms with E-state index in [1.54, 1.807) is 0 Å². The van der Waals surface area contributed by atoms with Crippen molar-refractivity contribution in [3.05, 3.63) is 5.89 Å². The summed E-state index contributed by atoms with van der Waals surface area (Å²) in [5.74, 6) is 0.607. The molecule has 1 unspecified atom stereocenters. The molecule has 1 aliphatic rings. The lowest BCUT2D eigenvalue weighted by molar-refractivity contribution is 0.00255. The van der Waals surface area contributed by atoms with Crippen molar-refractivity contribution in [3.8, 4) is 0 Å². The van der Waals surface area contributed by atoms with Gasteiger partial charge in [-0.25, -0.2) is 0 Å². The quantitative estimate of drug-likeness (QED) is 0.781. The van der Waals surface area contributed by atoms with Crippen molar-refractivity contribution in [1.29, 1.82) is 0 Å². The molecule has 1 saturated carbocycles. The number of rotatable bonds is 6. The molecule has 0 aromatic carbocycles. The van der Waals surface area contributed by atoms with Crippen molar-refractivity contribution in [2.24, 2.45) is 0 Å². The monoisotopic (exact) mass is 240 g/mol. The molecule has 17 heavy (non-hydrogen) atoms. The second-order valence-electron chi connectivity index (χ2n) is 4.35. The van der Waals surface area contributed by atoms with E-state index in [2.05, 4.69) is 20.8 Å². The minimum Gasteiger partial charge on any atom is -0.406 e. The smallest absolute Gasteiger partial charge is 0.315 e. The van der Waals surface area contributed by atoms with Crippen molar-refractivity contribution >= 4 is 6.01 Å². The van der Waals surface area contributed by atoms with E-state index in [-0.39, 0.29) is 6.04 Å². The number of hydrogen-bond acceptors (Lipinski definition) is 6. The van der Waals surface area contributed by atoms with E-state index in [1.165, 1.54) is 0 Å². The molecule has 1 heterocycles. The largest absolute Gasteiger partial charge is 0.406 e. The Hall–Kier alpha value is -1.14. The lowest BCUT2D eigenvalue weighted by Crippen LogP contribution is -2.40. The van der Waals surface area contributed by atoms with E-state index in [4.69, 9.17) is 9.15 Å². The van der Waals surface area contributed by atoms with Gasteiger partial charge in [-0.15, -0.1) is 5.10 Å². The standard InChI is InChI=1S/C11H20N4O2/c1-4-16-9-5-8(6-9)13-11-15-14-10(17-11)7(2)12-3/h7-9,12H,4-6H2,1-3H3,(H,13,15). The van der Waals surface area contributed by atoms with Crippen LogP contribution in [0.15, 0.2) is 4.42 Å². The summed E-state index contributed by atoms with van der Waals surface area (Å²) in [6.45, 7) is 4.78. The van der Waals surface area contributed by atoms with E-state index in [0.717, 1.165) is 19.4 Å². The molecule has 96 valence electrons. The van der Waals surface area contributed by atoms with Crippen molar-refractivity contribution in [2.75, 3.05) is 19.0 Å². The van der Waals surface area contributed by atoms with Crippen LogP contribution in [0.2, 0.25) is 0 Å². The van der Waals surface area contributed by atoms with Gasteiger partial charge in [0.1, 0.15) is 0 Å². The number of hydrogen-bond donors (Lipinski definition) is 2. The fourth-order valence-corrected chi connectivity index (χ4v) is 1.82. The Morgan fingerprint density at radius 3 is 2.88 bits per heavy atom. The molecule has 0 amide bonds. The van der Waals surface area contributed by atoms with Gasteiger partial charge in [0.25, 0.3) is 0 Å². The van der Waals surface area contributed by atoms with E-state index < -0.39 is 0 Å². The number of aromatic nitrogens is 2. The highest BCUT2D eigenvalue weighted by Gasteiger charge is 2.30. The number of nitrogens with one attached hydrogen (secondary N) is 2. The molecule has 0 saturated heterocycles. The Morgan fingerprint density at radius 1 is 1.47 bits per heavy atom. The molecule has 1 aromatic rings. The molecule has 2 rings (SSSR count). The second-order valence-corrected chi connectivity index (χ2v) is 4.35. The van der Waals surface area contributed by atoms with Crippen LogP contribution in [0.5, 0.6) is 0 Å². The maximum absolute atomic E-state index is 5.50. The van der Waals surface area contributed by atoms with Gasteiger partial charge in [-0.1, -0.05) is 5.10 Å². The maximum atomic E-state index is 5.50. The topological polar surface area (TPSA) is 72.2 Å². The molecule has 1 aliphatic carbocycles. The van der Waals surface area contributed by atoms with Crippen LogP contribution in [0.3, 0.4) is 0 Å². The summed E-state index contributed by atoms with van der Waals surface area (Å²) in [6.07, 6.45) is 2.40. The highest BCUT2D eigenvalue weighted by molar-refractivity contribution is 5.22. The highest BCUT2D eigenvalue weighted by atomic mass is 16.5. The molecule has 0 aliphatic heterocycles. The molecule has 6 nitrogen and oxygen atoms in total. The van der Waals surface area contributed by atoms with Crippen LogP contribution in [-0.4, -0.2) is 36.0 Å². The molecular weight excluding hydrogens is 220 g/mol. The summed E-state index contributed by atoms with van der Waals surface area (Å²) >= 11 is 0. The van der Waals surface area contributed by atoms with Crippen LogP contribution < -0.4 is 10.6 Å². The fourth-order valence-electron chi connectivity index (χ4n) is 1.82. The van der Waals surface area contributed by atoms with Crippen molar-refractivity contribution < 1.29 is 9.15 Å². The maximum Gasteiger partial charge on any atom is 0.315 e. The third-order valence-corrected chi connectivity index (χ3v) is 3.07. The summed E-state index contributed by atoms with van der Waals surface area (Å²) in [5, 5.41) is 14.2. The Bertz CT molecular complexity index is 349. The molecule has 0 radical (unpaired) electrons. The molecule has 1 aromatic heterocycles. The molecule has 1 fully saturated rings. The SMILES string of the molecule is CCOC1CC(Nc2nnc(C(C)NC)o2)C1. The summed E-state index contributed by atoms with van der Waals surface area (Å²) in [6, 6.07) is 0.974. The van der Waals surface area contributed by atoms with E-state index >= 15 is 0 Å². The third kappa shape index (κ3) is 2.95. The van der Waals surface area contributed by atoms with E-state index in [0.29, 0.717) is 24.1 Å². The predicted octanol–water partition coefficient (Wildman–Crippen LogP) is 1.33. The van der Waals surface area contributed by atoms with Gasteiger partial charge in [-0.05, 0) is 33.7 Å². The first-order valence-electron chi connectivity index (χ1n) is 6.11. The van der Waals surface area contributed by atoms with Crippen LogP contribution >= 0.6 is 0 Å². The van der Waals surface area contributed by atoms with Crippen LogP contribution in [0.4, 0.5) is 6.01 Å². The zero-order valence-electron chi connectivity index (χ0n) is 10.6. The first-order valence-corrected chi connectivity index (χ1v) is 6.11. The Labute approximate surface area is 101 Å². The molecule has 6 heteroatoms. The van der Waals surface area contributed by atoms with Gasteiger partial charge in [0.05, 0.1) is 12.1 Å². The lowest BCUT2D eigenvalue weighted by Gasteiger charge is -2.34. The summed E-state index contributed by atoms with van der Waals surface area (Å²) in [5.41, 5.74) is 0. The van der Waals surface area contributed by atoms with Gasteiger partial charge < -0.3 is 19.8 Å². The molecular formula is C11H20N4O2. The summed E-state index contributed by atoms with van der Waals surface area (Å²) < 4.78 is 11.0. The van der Waals surface area contributed by atoms with Crippen LogP contribution in [0, 0.1) is 0 Å². The van der Waals surface area contributed by atoms with E-state index in [1.807, 2.05) is 20.9 Å². The van der Waals surface area contributed by atoms with Gasteiger partial charge in [0, 0.05) is 12.6 Å². The van der Waals surface area contributed by atoms with Crippen molar-refractivity contribution in [2.45, 2.75) is 44.9 Å². The van der Waals surface area contributed by atoms with Gasteiger partial charge in [0.2, 0.25) is 5.89 Å². The molecule has 2 N–H and O–H groups in total. The van der Waals surface area contributed by atoms with Gasteiger partial charge >= 0.3 is 6.01 Å². The van der Waals surface area contributed by atoms with Crippen LogP contribution in [0.1, 0.15) is 38.6 Å². The minimum atomic E-state index is 0.0793. The van der Waals surface area contributed by atoms with Crippen LogP contribution in [0.25, 0.3) is 0 Å². The van der Waals surface area contributed by atoms with Crippen molar-refractivity contribution in [1.82, 2.24) is 15.5 Å². The number of ether oxygens (including phenoxy) is 1. The fraction of sp³-hybridized carbons (Fsp3) is 0.818. The average Bonchev–Trinajstić information content (AvgIpc) is 2.74. The molecule has 0 bridgehead atoms. The molecule has 1 atom stereocenters. The zero-order valence-corrected chi connectivity index (χ0v) is 10.6. The van der Waals surface area contributed by atoms with Gasteiger partial charge in [0.15, 0.2) is 0 Å². The van der Waals surface area contributed by atoms with Crippen LogP contribution in [-0.2, 0) is 4.74 Å². The number of anilines is 1. The van der Waals surface area contributed by atoms with Gasteiger partial charge in [-0.2, -0.15) is 0 Å². The average molecular weight is 240 g/mol. The first kappa shape index (κ1) is 12.3. The first-order chi connectivity index (χ1) is 8.22. The second kappa shape index (κ2) is 5.46.